The SMILES string of the molecule is COc1ccc(CN(Cc2ccc(OC)cc2)S(=O)(=O)c2cc(CO)n(C)n2)cc1. The fourth-order valence-corrected chi connectivity index (χ4v) is 4.39. The van der Waals surface area contributed by atoms with Gasteiger partial charge in [-0.15, -0.1) is 0 Å². The quantitative estimate of drug-likeness (QED) is 0.559. The summed E-state index contributed by atoms with van der Waals surface area (Å²) in [5.74, 6) is 1.39. The van der Waals surface area contributed by atoms with Crippen LogP contribution in [0.4, 0.5) is 0 Å². The van der Waals surface area contributed by atoms with Crippen LogP contribution in [-0.2, 0) is 36.8 Å². The van der Waals surface area contributed by atoms with Gasteiger partial charge in [0.1, 0.15) is 11.5 Å². The lowest BCUT2D eigenvalue weighted by molar-refractivity contribution is 0.270. The standard InChI is InChI=1S/C21H25N3O5S/c1-23-18(15-25)12-21(22-23)30(26,27)24(13-16-4-8-19(28-2)9-5-16)14-17-6-10-20(29-3)11-7-17/h4-12,25H,13-15H2,1-3H3. The molecule has 3 rings (SSSR count). The highest BCUT2D eigenvalue weighted by molar-refractivity contribution is 7.89. The van der Waals surface area contributed by atoms with Crippen LogP contribution in [0.15, 0.2) is 59.6 Å². The molecule has 0 radical (unpaired) electrons. The third kappa shape index (κ3) is 4.81. The van der Waals surface area contributed by atoms with Gasteiger partial charge in [0.25, 0.3) is 10.0 Å². The summed E-state index contributed by atoms with van der Waals surface area (Å²) in [6.45, 7) is 0.0166. The summed E-state index contributed by atoms with van der Waals surface area (Å²) in [6, 6.07) is 15.9. The Balaban J connectivity index is 1.95. The average molecular weight is 432 g/mol. The van der Waals surface area contributed by atoms with Crippen molar-refractivity contribution in [3.8, 4) is 11.5 Å². The van der Waals surface area contributed by atoms with Gasteiger partial charge in [-0.2, -0.15) is 9.40 Å². The fraction of sp³-hybridized carbons (Fsp3) is 0.286. The maximum atomic E-state index is 13.4. The molecule has 0 aliphatic heterocycles. The smallest absolute Gasteiger partial charge is 0.263 e. The number of aliphatic hydroxyl groups excluding tert-OH is 1. The number of rotatable bonds is 9. The van der Waals surface area contributed by atoms with E-state index in [0.717, 1.165) is 11.1 Å². The largest absolute Gasteiger partial charge is 0.497 e. The number of sulfonamides is 1. The van der Waals surface area contributed by atoms with Gasteiger partial charge in [0.2, 0.25) is 0 Å². The Morgan fingerprint density at radius 2 is 1.40 bits per heavy atom. The summed E-state index contributed by atoms with van der Waals surface area (Å²) >= 11 is 0. The molecule has 0 fully saturated rings. The molecule has 0 saturated carbocycles. The molecular weight excluding hydrogens is 406 g/mol. The van der Waals surface area contributed by atoms with E-state index in [1.807, 2.05) is 24.3 Å². The normalized spacial score (nSPS) is 11.6. The van der Waals surface area contributed by atoms with Crippen molar-refractivity contribution >= 4 is 10.0 Å². The molecule has 1 N–H and O–H groups in total. The van der Waals surface area contributed by atoms with Gasteiger partial charge in [-0.25, -0.2) is 8.42 Å². The molecule has 0 saturated heterocycles. The lowest BCUT2D eigenvalue weighted by Crippen LogP contribution is -2.30. The first kappa shape index (κ1) is 21.8. The monoisotopic (exact) mass is 431 g/mol. The van der Waals surface area contributed by atoms with Gasteiger partial charge >= 0.3 is 0 Å². The Bertz CT molecular complexity index is 1030. The number of nitrogens with zero attached hydrogens (tertiary/aromatic N) is 3. The van der Waals surface area contributed by atoms with Gasteiger partial charge in [-0.3, -0.25) is 4.68 Å². The highest BCUT2D eigenvalue weighted by atomic mass is 32.2. The Labute approximate surface area is 176 Å². The average Bonchev–Trinajstić information content (AvgIpc) is 3.15. The van der Waals surface area contributed by atoms with Crippen LogP contribution < -0.4 is 9.47 Å². The van der Waals surface area contributed by atoms with E-state index in [-0.39, 0.29) is 24.7 Å². The highest BCUT2D eigenvalue weighted by Gasteiger charge is 2.28. The number of aryl methyl sites for hydroxylation is 1. The van der Waals surface area contributed by atoms with Crippen molar-refractivity contribution in [3.63, 3.8) is 0 Å². The van der Waals surface area contributed by atoms with E-state index in [4.69, 9.17) is 9.47 Å². The molecule has 1 heterocycles. The first-order chi connectivity index (χ1) is 14.4. The number of aliphatic hydroxyl groups is 1. The molecule has 0 spiro atoms. The van der Waals surface area contributed by atoms with E-state index in [1.165, 1.54) is 15.1 Å². The van der Waals surface area contributed by atoms with Crippen molar-refractivity contribution in [2.45, 2.75) is 24.7 Å². The Morgan fingerprint density at radius 3 is 1.77 bits per heavy atom. The van der Waals surface area contributed by atoms with Gasteiger partial charge < -0.3 is 14.6 Å². The second-order valence-corrected chi connectivity index (χ2v) is 8.61. The van der Waals surface area contributed by atoms with Crippen molar-refractivity contribution in [2.75, 3.05) is 14.2 Å². The van der Waals surface area contributed by atoms with Gasteiger partial charge in [0.15, 0.2) is 5.03 Å². The first-order valence-corrected chi connectivity index (χ1v) is 10.7. The number of hydrogen-bond acceptors (Lipinski definition) is 6. The van der Waals surface area contributed by atoms with Crippen molar-refractivity contribution in [2.24, 2.45) is 7.05 Å². The predicted octanol–water partition coefficient (Wildman–Crippen LogP) is 2.32. The summed E-state index contributed by atoms with van der Waals surface area (Å²) in [4.78, 5) is 0. The van der Waals surface area contributed by atoms with E-state index < -0.39 is 10.0 Å². The molecule has 9 heteroatoms. The number of hydrogen-bond donors (Lipinski definition) is 1. The Kier molecular flexibility index (Phi) is 6.76. The van der Waals surface area contributed by atoms with E-state index in [2.05, 4.69) is 5.10 Å². The molecule has 160 valence electrons. The third-order valence-electron chi connectivity index (χ3n) is 4.76. The topological polar surface area (TPSA) is 93.9 Å². The minimum Gasteiger partial charge on any atom is -0.497 e. The van der Waals surface area contributed by atoms with Crippen molar-refractivity contribution in [1.82, 2.24) is 14.1 Å². The molecular formula is C21H25N3O5S. The Morgan fingerprint density at radius 1 is 0.933 bits per heavy atom. The van der Waals surface area contributed by atoms with Gasteiger partial charge in [-0.1, -0.05) is 24.3 Å². The lowest BCUT2D eigenvalue weighted by atomic mass is 10.2. The van der Waals surface area contributed by atoms with E-state index >= 15 is 0 Å². The number of methoxy groups -OCH3 is 2. The Hall–Kier alpha value is -2.88. The summed E-state index contributed by atoms with van der Waals surface area (Å²) in [5, 5.41) is 13.4. The van der Waals surface area contributed by atoms with E-state index in [0.29, 0.717) is 17.2 Å². The van der Waals surface area contributed by atoms with E-state index in [1.54, 1.807) is 45.5 Å². The molecule has 3 aromatic rings. The molecule has 2 aromatic carbocycles. The lowest BCUT2D eigenvalue weighted by Gasteiger charge is -2.21. The second-order valence-electron chi connectivity index (χ2n) is 6.72. The molecule has 1 aromatic heterocycles. The molecule has 30 heavy (non-hydrogen) atoms. The van der Waals surface area contributed by atoms with Crippen LogP contribution in [0.3, 0.4) is 0 Å². The van der Waals surface area contributed by atoms with Crippen molar-refractivity contribution in [3.05, 3.63) is 71.4 Å². The number of ether oxygens (including phenoxy) is 2. The summed E-state index contributed by atoms with van der Waals surface area (Å²) in [6.07, 6.45) is 0. The van der Waals surface area contributed by atoms with Crippen LogP contribution in [0.25, 0.3) is 0 Å². The van der Waals surface area contributed by atoms with Crippen LogP contribution in [0.1, 0.15) is 16.8 Å². The molecule has 0 amide bonds. The van der Waals surface area contributed by atoms with Crippen LogP contribution in [0.2, 0.25) is 0 Å². The van der Waals surface area contributed by atoms with E-state index in [9.17, 15) is 13.5 Å². The molecule has 0 unspecified atom stereocenters. The summed E-state index contributed by atoms with van der Waals surface area (Å²) in [7, 11) is 0.844. The molecule has 0 bridgehead atoms. The maximum Gasteiger partial charge on any atom is 0.263 e. The maximum absolute atomic E-state index is 13.4. The zero-order chi connectivity index (χ0) is 21.7. The predicted molar refractivity (Wildman–Crippen MR) is 112 cm³/mol. The number of benzene rings is 2. The first-order valence-electron chi connectivity index (χ1n) is 9.27. The van der Waals surface area contributed by atoms with Crippen LogP contribution >= 0.6 is 0 Å². The fourth-order valence-electron chi connectivity index (χ4n) is 2.98. The van der Waals surface area contributed by atoms with Gasteiger partial charge in [0, 0.05) is 26.2 Å². The third-order valence-corrected chi connectivity index (χ3v) is 6.42. The molecule has 0 atom stereocenters. The van der Waals surface area contributed by atoms with Gasteiger partial charge in [0.05, 0.1) is 26.5 Å². The zero-order valence-electron chi connectivity index (χ0n) is 17.1. The van der Waals surface area contributed by atoms with Gasteiger partial charge in [-0.05, 0) is 35.4 Å². The zero-order valence-corrected chi connectivity index (χ0v) is 18.0. The van der Waals surface area contributed by atoms with Crippen LogP contribution in [0, 0.1) is 0 Å². The molecule has 0 aliphatic rings. The molecule has 8 nitrogen and oxygen atoms in total. The van der Waals surface area contributed by atoms with Crippen LogP contribution in [0.5, 0.6) is 11.5 Å². The molecule has 0 aliphatic carbocycles. The minimum absolute atomic E-state index is 0.101. The van der Waals surface area contributed by atoms with Crippen molar-refractivity contribution < 1.29 is 23.0 Å². The highest BCUT2D eigenvalue weighted by Crippen LogP contribution is 2.23. The minimum atomic E-state index is -3.91. The summed E-state index contributed by atoms with van der Waals surface area (Å²) in [5.41, 5.74) is 2.04. The number of aromatic nitrogens is 2. The van der Waals surface area contributed by atoms with Crippen LogP contribution in [-0.4, -0.2) is 41.8 Å². The second kappa shape index (κ2) is 9.29. The van der Waals surface area contributed by atoms with Crippen molar-refractivity contribution in [1.29, 1.82) is 0 Å². The summed E-state index contributed by atoms with van der Waals surface area (Å²) < 4.78 is 39.9.